The van der Waals surface area contributed by atoms with Crippen LogP contribution in [0.25, 0.3) is 5.78 Å². The quantitative estimate of drug-likeness (QED) is 0.616. The van der Waals surface area contributed by atoms with Gasteiger partial charge >= 0.3 is 0 Å². The van der Waals surface area contributed by atoms with Crippen LogP contribution in [-0.2, 0) is 11.3 Å². The molecule has 1 amide bonds. The van der Waals surface area contributed by atoms with E-state index in [4.69, 9.17) is 0 Å². The van der Waals surface area contributed by atoms with Crippen LogP contribution in [0.3, 0.4) is 0 Å². The van der Waals surface area contributed by atoms with Gasteiger partial charge in [-0.1, -0.05) is 42.1 Å². The van der Waals surface area contributed by atoms with Gasteiger partial charge in [0, 0.05) is 44.1 Å². The molecule has 3 aromatic rings. The van der Waals surface area contributed by atoms with Gasteiger partial charge in [0.1, 0.15) is 0 Å². The molecule has 0 unspecified atom stereocenters. The molecule has 4 rings (SSSR count). The maximum Gasteiger partial charge on any atom is 0.253 e. The number of carbonyl (C=O) groups is 1. The predicted octanol–water partition coefficient (Wildman–Crippen LogP) is 2.18. The number of thioether (sulfide) groups is 1. The van der Waals surface area contributed by atoms with Crippen molar-refractivity contribution in [1.82, 2.24) is 29.4 Å². The molecule has 28 heavy (non-hydrogen) atoms. The molecule has 2 aromatic heterocycles. The van der Waals surface area contributed by atoms with E-state index in [1.807, 2.05) is 30.9 Å². The highest BCUT2D eigenvalue weighted by Crippen LogP contribution is 2.17. The molecule has 3 heterocycles. The van der Waals surface area contributed by atoms with E-state index < -0.39 is 0 Å². The molecule has 0 bridgehead atoms. The first-order valence-corrected chi connectivity index (χ1v) is 10.4. The lowest BCUT2D eigenvalue weighted by atomic mass is 10.2. The summed E-state index contributed by atoms with van der Waals surface area (Å²) < 4.78 is 1.72. The van der Waals surface area contributed by atoms with Crippen molar-refractivity contribution < 1.29 is 4.79 Å². The average molecular weight is 397 g/mol. The Morgan fingerprint density at radius 2 is 1.82 bits per heavy atom. The minimum absolute atomic E-state index is 0.143. The molecular weight excluding hydrogens is 372 g/mol. The number of rotatable bonds is 5. The predicted molar refractivity (Wildman–Crippen MR) is 109 cm³/mol. The lowest BCUT2D eigenvalue weighted by molar-refractivity contribution is -0.130. The van der Waals surface area contributed by atoms with E-state index in [1.54, 1.807) is 4.52 Å². The highest BCUT2D eigenvalue weighted by Gasteiger charge is 2.21. The van der Waals surface area contributed by atoms with Gasteiger partial charge in [0.05, 0.1) is 5.75 Å². The smallest absolute Gasteiger partial charge is 0.253 e. The third-order valence-electron chi connectivity index (χ3n) is 4.90. The molecule has 1 aromatic carbocycles. The van der Waals surface area contributed by atoms with Crippen molar-refractivity contribution in [1.29, 1.82) is 0 Å². The number of amides is 1. The Morgan fingerprint density at radius 1 is 1.07 bits per heavy atom. The summed E-state index contributed by atoms with van der Waals surface area (Å²) in [5.74, 6) is 1.08. The average Bonchev–Trinajstić information content (AvgIpc) is 3.11. The first-order valence-electron chi connectivity index (χ1n) is 9.46. The second-order valence-electron chi connectivity index (χ2n) is 7.08. The van der Waals surface area contributed by atoms with E-state index in [9.17, 15) is 4.79 Å². The van der Waals surface area contributed by atoms with Crippen molar-refractivity contribution in [2.75, 3.05) is 31.9 Å². The van der Waals surface area contributed by atoms with E-state index in [0.29, 0.717) is 16.7 Å². The van der Waals surface area contributed by atoms with Crippen molar-refractivity contribution >= 4 is 23.4 Å². The Balaban J connectivity index is 1.28. The molecule has 1 fully saturated rings. The van der Waals surface area contributed by atoms with E-state index in [-0.39, 0.29) is 5.91 Å². The molecule has 1 saturated heterocycles. The standard InChI is InChI=1S/C20H24N6OS/c1-15-12-16(2)26-19(21-15)22-20(23-26)28-14-18(27)25-10-8-24(9-11-25)13-17-6-4-3-5-7-17/h3-7,12H,8-11,13-14H2,1-2H3. The fourth-order valence-electron chi connectivity index (χ4n) is 3.42. The topological polar surface area (TPSA) is 66.6 Å². The summed E-state index contributed by atoms with van der Waals surface area (Å²) in [6.45, 7) is 8.20. The number of hydrogen-bond donors (Lipinski definition) is 0. The summed E-state index contributed by atoms with van der Waals surface area (Å²) in [6, 6.07) is 12.4. The van der Waals surface area contributed by atoms with Crippen molar-refractivity contribution in [3.63, 3.8) is 0 Å². The van der Waals surface area contributed by atoms with Crippen molar-refractivity contribution in [3.05, 3.63) is 53.3 Å². The number of nitrogens with zero attached hydrogens (tertiary/aromatic N) is 6. The van der Waals surface area contributed by atoms with Gasteiger partial charge in [-0.05, 0) is 25.5 Å². The Bertz CT molecular complexity index is 965. The number of carbonyl (C=O) groups excluding carboxylic acids is 1. The fourth-order valence-corrected chi connectivity index (χ4v) is 4.14. The number of benzene rings is 1. The van der Waals surface area contributed by atoms with Gasteiger partial charge in [-0.2, -0.15) is 4.98 Å². The molecule has 0 radical (unpaired) electrons. The minimum atomic E-state index is 0.143. The van der Waals surface area contributed by atoms with Crippen LogP contribution in [0.5, 0.6) is 0 Å². The van der Waals surface area contributed by atoms with Crippen molar-refractivity contribution in [2.45, 2.75) is 25.5 Å². The van der Waals surface area contributed by atoms with Crippen LogP contribution in [0.1, 0.15) is 17.0 Å². The van der Waals surface area contributed by atoms with Gasteiger partial charge in [0.2, 0.25) is 11.1 Å². The first-order chi connectivity index (χ1) is 13.6. The minimum Gasteiger partial charge on any atom is -0.339 e. The van der Waals surface area contributed by atoms with E-state index >= 15 is 0 Å². The van der Waals surface area contributed by atoms with Gasteiger partial charge in [-0.25, -0.2) is 9.50 Å². The Morgan fingerprint density at radius 3 is 2.57 bits per heavy atom. The second kappa shape index (κ2) is 8.28. The summed E-state index contributed by atoms with van der Waals surface area (Å²) in [5, 5.41) is 5.05. The van der Waals surface area contributed by atoms with Gasteiger partial charge in [0.25, 0.3) is 5.78 Å². The van der Waals surface area contributed by atoms with Gasteiger partial charge in [-0.3, -0.25) is 9.69 Å². The largest absolute Gasteiger partial charge is 0.339 e. The van der Waals surface area contributed by atoms with E-state index in [0.717, 1.165) is 44.1 Å². The molecule has 7 nitrogen and oxygen atoms in total. The summed E-state index contributed by atoms with van der Waals surface area (Å²) in [4.78, 5) is 25.7. The number of piperazine rings is 1. The summed E-state index contributed by atoms with van der Waals surface area (Å²) in [5.41, 5.74) is 3.22. The van der Waals surface area contributed by atoms with Crippen LogP contribution < -0.4 is 0 Å². The zero-order chi connectivity index (χ0) is 19.5. The van der Waals surface area contributed by atoms with E-state index in [1.165, 1.54) is 17.3 Å². The molecule has 0 N–H and O–H groups in total. The molecule has 0 aliphatic carbocycles. The number of aryl methyl sites for hydroxylation is 2. The maximum absolute atomic E-state index is 12.6. The van der Waals surface area contributed by atoms with Crippen LogP contribution >= 0.6 is 11.8 Å². The monoisotopic (exact) mass is 396 g/mol. The van der Waals surface area contributed by atoms with Gasteiger partial charge in [-0.15, -0.1) is 5.10 Å². The van der Waals surface area contributed by atoms with Crippen molar-refractivity contribution in [3.8, 4) is 0 Å². The molecule has 1 aliphatic rings. The molecule has 0 atom stereocenters. The molecule has 8 heteroatoms. The third kappa shape index (κ3) is 4.34. The van der Waals surface area contributed by atoms with Crippen LogP contribution in [0.2, 0.25) is 0 Å². The number of fused-ring (bicyclic) bond motifs is 1. The van der Waals surface area contributed by atoms with Crippen LogP contribution in [-0.4, -0.2) is 67.2 Å². The molecule has 146 valence electrons. The number of aromatic nitrogens is 4. The highest BCUT2D eigenvalue weighted by molar-refractivity contribution is 7.99. The fraction of sp³-hybridized carbons (Fsp3) is 0.400. The lowest BCUT2D eigenvalue weighted by Crippen LogP contribution is -2.48. The Labute approximate surface area is 168 Å². The third-order valence-corrected chi connectivity index (χ3v) is 5.72. The maximum atomic E-state index is 12.6. The van der Waals surface area contributed by atoms with Gasteiger partial charge < -0.3 is 4.90 Å². The molecule has 0 saturated carbocycles. The second-order valence-corrected chi connectivity index (χ2v) is 8.02. The zero-order valence-electron chi connectivity index (χ0n) is 16.2. The number of hydrogen-bond acceptors (Lipinski definition) is 6. The summed E-state index contributed by atoms with van der Waals surface area (Å²) >= 11 is 1.38. The Hall–Kier alpha value is -2.45. The van der Waals surface area contributed by atoms with Crippen LogP contribution in [0.15, 0.2) is 41.6 Å². The van der Waals surface area contributed by atoms with Crippen molar-refractivity contribution in [2.24, 2.45) is 0 Å². The lowest BCUT2D eigenvalue weighted by Gasteiger charge is -2.34. The first kappa shape index (κ1) is 18.9. The zero-order valence-corrected chi connectivity index (χ0v) is 17.0. The normalized spacial score (nSPS) is 15.3. The van der Waals surface area contributed by atoms with Crippen LogP contribution in [0.4, 0.5) is 0 Å². The highest BCUT2D eigenvalue weighted by atomic mass is 32.2. The van der Waals surface area contributed by atoms with Gasteiger partial charge in [0.15, 0.2) is 0 Å². The molecule has 0 spiro atoms. The molecular formula is C20H24N6OS. The van der Waals surface area contributed by atoms with E-state index in [2.05, 4.69) is 44.2 Å². The Kier molecular flexibility index (Phi) is 5.59. The summed E-state index contributed by atoms with van der Waals surface area (Å²) in [7, 11) is 0. The van der Waals surface area contributed by atoms with Crippen LogP contribution in [0, 0.1) is 13.8 Å². The molecule has 1 aliphatic heterocycles. The SMILES string of the molecule is Cc1cc(C)n2nc(SCC(=O)N3CCN(Cc4ccccc4)CC3)nc2n1. The summed E-state index contributed by atoms with van der Waals surface area (Å²) in [6.07, 6.45) is 0.